The summed E-state index contributed by atoms with van der Waals surface area (Å²) in [6, 6.07) is 1.47. The van der Waals surface area contributed by atoms with E-state index < -0.39 is 10.0 Å². The molecule has 4 nitrogen and oxygen atoms in total. The van der Waals surface area contributed by atoms with Gasteiger partial charge in [0.1, 0.15) is 10.0 Å². The van der Waals surface area contributed by atoms with Gasteiger partial charge in [0.05, 0.1) is 0 Å². The summed E-state index contributed by atoms with van der Waals surface area (Å²) in [5.74, 6) is 0. The molecule has 0 spiro atoms. The predicted octanol–water partition coefficient (Wildman–Crippen LogP) is 3.31. The Morgan fingerprint density at radius 3 is 2.72 bits per heavy atom. The van der Waals surface area contributed by atoms with E-state index >= 15 is 0 Å². The zero-order valence-corrected chi connectivity index (χ0v) is 13.5. The number of sulfonamides is 1. The molecule has 0 saturated heterocycles. The van der Waals surface area contributed by atoms with Gasteiger partial charge in [0.2, 0.25) is 10.0 Å². The average Bonchev–Trinajstić information content (AvgIpc) is 2.32. The van der Waals surface area contributed by atoms with Gasteiger partial charge >= 0.3 is 0 Å². The smallest absolute Gasteiger partial charge is 0.242 e. The normalized spacial score (nSPS) is 12.1. The Bertz CT molecular complexity index is 508. The summed E-state index contributed by atoms with van der Waals surface area (Å²) in [5, 5.41) is 0.000501. The van der Waals surface area contributed by atoms with E-state index in [4.69, 9.17) is 11.6 Å². The highest BCUT2D eigenvalue weighted by molar-refractivity contribution is 9.10. The lowest BCUT2D eigenvalue weighted by atomic mass is 10.2. The first-order valence-electron chi connectivity index (χ1n) is 5.67. The van der Waals surface area contributed by atoms with E-state index in [0.717, 1.165) is 19.3 Å². The van der Waals surface area contributed by atoms with Crippen LogP contribution in [0.2, 0.25) is 5.15 Å². The molecule has 0 radical (unpaired) electrons. The van der Waals surface area contributed by atoms with Gasteiger partial charge < -0.3 is 0 Å². The van der Waals surface area contributed by atoms with Crippen LogP contribution in [0.3, 0.4) is 0 Å². The van der Waals surface area contributed by atoms with Crippen LogP contribution in [-0.4, -0.2) is 31.3 Å². The molecular formula is C11H16BrClN2O2S. The maximum atomic E-state index is 12.3. The third-order valence-electron chi connectivity index (χ3n) is 2.54. The molecule has 0 saturated carbocycles. The highest BCUT2D eigenvalue weighted by Gasteiger charge is 2.24. The monoisotopic (exact) mass is 354 g/mol. The molecule has 0 bridgehead atoms. The molecule has 0 aliphatic rings. The first kappa shape index (κ1) is 15.9. The Morgan fingerprint density at radius 1 is 1.44 bits per heavy atom. The number of rotatable bonds is 6. The molecular weight excluding hydrogens is 340 g/mol. The summed E-state index contributed by atoms with van der Waals surface area (Å²) in [6.45, 7) is 2.56. The third-order valence-corrected chi connectivity index (χ3v) is 5.26. The van der Waals surface area contributed by atoms with Crippen molar-refractivity contribution in [2.45, 2.75) is 31.1 Å². The Morgan fingerprint density at radius 2 is 2.11 bits per heavy atom. The number of hydrogen-bond donors (Lipinski definition) is 0. The molecule has 0 N–H and O–H groups in total. The van der Waals surface area contributed by atoms with Crippen molar-refractivity contribution in [2.24, 2.45) is 0 Å². The maximum absolute atomic E-state index is 12.3. The number of unbranched alkanes of at least 4 members (excludes halogenated alkanes) is 2. The standard InChI is InChI=1S/C11H16BrClN2O2S/c1-3-4-5-6-15(2)18(16,17)10-7-9(12)8-14-11(10)13/h7-8H,3-6H2,1-2H3. The van der Waals surface area contributed by atoms with Crippen LogP contribution in [0.25, 0.3) is 0 Å². The van der Waals surface area contributed by atoms with Crippen molar-refractivity contribution >= 4 is 37.6 Å². The summed E-state index contributed by atoms with van der Waals surface area (Å²) in [5.41, 5.74) is 0. The van der Waals surface area contributed by atoms with Gasteiger partial charge in [-0.15, -0.1) is 0 Å². The average molecular weight is 356 g/mol. The quantitative estimate of drug-likeness (QED) is 0.581. The minimum Gasteiger partial charge on any atom is -0.242 e. The predicted molar refractivity (Wildman–Crippen MR) is 76.3 cm³/mol. The minimum atomic E-state index is -3.56. The van der Waals surface area contributed by atoms with E-state index in [2.05, 4.69) is 27.8 Å². The molecule has 1 aromatic rings. The molecule has 0 unspecified atom stereocenters. The largest absolute Gasteiger partial charge is 0.245 e. The lowest BCUT2D eigenvalue weighted by Crippen LogP contribution is -2.28. The molecule has 0 amide bonds. The summed E-state index contributed by atoms with van der Waals surface area (Å²) < 4.78 is 26.5. The molecule has 0 atom stereocenters. The van der Waals surface area contributed by atoms with E-state index in [1.54, 1.807) is 7.05 Å². The zero-order valence-electron chi connectivity index (χ0n) is 10.4. The number of pyridine rings is 1. The molecule has 7 heteroatoms. The van der Waals surface area contributed by atoms with E-state index in [1.165, 1.54) is 16.6 Å². The van der Waals surface area contributed by atoms with Crippen LogP contribution in [0, 0.1) is 0 Å². The lowest BCUT2D eigenvalue weighted by Gasteiger charge is -2.17. The Balaban J connectivity index is 2.95. The van der Waals surface area contributed by atoms with Gasteiger partial charge in [0, 0.05) is 24.3 Å². The SMILES string of the molecule is CCCCCN(C)S(=O)(=O)c1cc(Br)cnc1Cl. The third kappa shape index (κ3) is 3.91. The Labute approximate surface area is 122 Å². The van der Waals surface area contributed by atoms with Gasteiger partial charge in [-0.2, -0.15) is 0 Å². The molecule has 0 aromatic carbocycles. The van der Waals surface area contributed by atoms with Crippen LogP contribution >= 0.6 is 27.5 Å². The summed E-state index contributed by atoms with van der Waals surface area (Å²) in [7, 11) is -2.01. The number of hydrogen-bond acceptors (Lipinski definition) is 3. The molecule has 102 valence electrons. The van der Waals surface area contributed by atoms with Gasteiger partial charge in [-0.1, -0.05) is 31.4 Å². The van der Waals surface area contributed by atoms with Gasteiger partial charge in [-0.3, -0.25) is 0 Å². The van der Waals surface area contributed by atoms with Crippen LogP contribution in [0.15, 0.2) is 21.6 Å². The molecule has 1 heterocycles. The van der Waals surface area contributed by atoms with E-state index in [1.807, 2.05) is 0 Å². The lowest BCUT2D eigenvalue weighted by molar-refractivity contribution is 0.454. The van der Waals surface area contributed by atoms with Gasteiger partial charge in [-0.05, 0) is 28.4 Å². The van der Waals surface area contributed by atoms with Crippen molar-refractivity contribution in [2.75, 3.05) is 13.6 Å². The first-order chi connectivity index (χ1) is 8.39. The highest BCUT2D eigenvalue weighted by atomic mass is 79.9. The van der Waals surface area contributed by atoms with Crippen molar-refractivity contribution in [1.29, 1.82) is 0 Å². The molecule has 18 heavy (non-hydrogen) atoms. The van der Waals surface area contributed by atoms with Crippen molar-refractivity contribution in [1.82, 2.24) is 9.29 Å². The van der Waals surface area contributed by atoms with E-state index in [9.17, 15) is 8.42 Å². The second-order valence-electron chi connectivity index (χ2n) is 3.98. The van der Waals surface area contributed by atoms with Crippen LogP contribution in [0.1, 0.15) is 26.2 Å². The van der Waals surface area contributed by atoms with Crippen LogP contribution in [-0.2, 0) is 10.0 Å². The molecule has 0 fully saturated rings. The minimum absolute atomic E-state index is 0.000501. The van der Waals surface area contributed by atoms with Gasteiger partial charge in [0.25, 0.3) is 0 Å². The first-order valence-corrected chi connectivity index (χ1v) is 8.28. The van der Waals surface area contributed by atoms with E-state index in [0.29, 0.717) is 11.0 Å². The zero-order chi connectivity index (χ0) is 13.8. The van der Waals surface area contributed by atoms with Gasteiger partial charge in [-0.25, -0.2) is 17.7 Å². The fourth-order valence-corrected chi connectivity index (χ4v) is 3.58. The molecule has 0 aliphatic heterocycles. The Kier molecular flexibility index (Phi) is 6.04. The molecule has 1 rings (SSSR count). The fourth-order valence-electron chi connectivity index (χ4n) is 1.46. The number of aromatic nitrogens is 1. The highest BCUT2D eigenvalue weighted by Crippen LogP contribution is 2.25. The van der Waals surface area contributed by atoms with E-state index in [-0.39, 0.29) is 10.0 Å². The number of nitrogens with zero attached hydrogens (tertiary/aromatic N) is 2. The second kappa shape index (κ2) is 6.84. The second-order valence-corrected chi connectivity index (χ2v) is 7.26. The summed E-state index contributed by atoms with van der Waals surface area (Å²) in [4.78, 5) is 3.88. The fraction of sp³-hybridized carbons (Fsp3) is 0.545. The molecule has 0 aliphatic carbocycles. The van der Waals surface area contributed by atoms with Crippen LogP contribution in [0.5, 0.6) is 0 Å². The summed E-state index contributed by atoms with van der Waals surface area (Å²) in [6.07, 6.45) is 4.36. The topological polar surface area (TPSA) is 50.3 Å². The number of halogens is 2. The summed E-state index contributed by atoms with van der Waals surface area (Å²) >= 11 is 9.05. The van der Waals surface area contributed by atoms with Gasteiger partial charge in [0.15, 0.2) is 0 Å². The van der Waals surface area contributed by atoms with Crippen molar-refractivity contribution in [3.8, 4) is 0 Å². The van der Waals surface area contributed by atoms with Crippen molar-refractivity contribution in [3.63, 3.8) is 0 Å². The maximum Gasteiger partial charge on any atom is 0.245 e. The van der Waals surface area contributed by atoms with Crippen molar-refractivity contribution < 1.29 is 8.42 Å². The van der Waals surface area contributed by atoms with Crippen LogP contribution in [0.4, 0.5) is 0 Å². The van der Waals surface area contributed by atoms with Crippen LogP contribution < -0.4 is 0 Å². The Hall–Kier alpha value is -0.170. The van der Waals surface area contributed by atoms with Crippen molar-refractivity contribution in [3.05, 3.63) is 21.9 Å². The molecule has 1 aromatic heterocycles.